The zero-order valence-corrected chi connectivity index (χ0v) is 19.9. The van der Waals surface area contributed by atoms with Crippen molar-refractivity contribution < 1.29 is 33.5 Å². The van der Waals surface area contributed by atoms with E-state index in [1.807, 2.05) is 0 Å². The van der Waals surface area contributed by atoms with Crippen LogP contribution in [0, 0.1) is 17.0 Å². The summed E-state index contributed by atoms with van der Waals surface area (Å²) in [6.45, 7) is 4.95. The van der Waals surface area contributed by atoms with Crippen LogP contribution < -0.4 is 10.1 Å². The third-order valence-corrected chi connectivity index (χ3v) is 5.79. The van der Waals surface area contributed by atoms with Crippen molar-refractivity contribution in [1.82, 2.24) is 9.78 Å². The summed E-state index contributed by atoms with van der Waals surface area (Å²) >= 11 is 0.900. The lowest BCUT2D eigenvalue weighted by molar-refractivity contribution is -0.386. The number of anilines is 1. The van der Waals surface area contributed by atoms with E-state index in [1.165, 1.54) is 35.1 Å². The van der Waals surface area contributed by atoms with Crippen molar-refractivity contribution in [2.75, 3.05) is 18.5 Å². The minimum atomic E-state index is -0.685. The lowest BCUT2D eigenvalue weighted by atomic mass is 10.1. The molecule has 12 nitrogen and oxygen atoms in total. The van der Waals surface area contributed by atoms with Crippen LogP contribution in [-0.4, -0.2) is 45.8 Å². The number of nitro groups is 1. The number of carbonyl (C=O) groups excluding carboxylic acids is 3. The Morgan fingerprint density at radius 2 is 1.80 bits per heavy atom. The van der Waals surface area contributed by atoms with Crippen molar-refractivity contribution in [3.05, 3.63) is 68.3 Å². The maximum atomic E-state index is 12.8. The molecule has 184 valence electrons. The molecule has 0 spiro atoms. The fraction of sp³-hybridized carbons (Fsp3) is 0.273. The smallest absolute Gasteiger partial charge is 0.348 e. The normalized spacial score (nSPS) is 10.5. The highest BCUT2D eigenvalue weighted by Gasteiger charge is 2.28. The molecule has 13 heteroatoms. The van der Waals surface area contributed by atoms with Crippen LogP contribution >= 0.6 is 11.3 Å². The first-order valence-corrected chi connectivity index (χ1v) is 11.3. The fourth-order valence-corrected chi connectivity index (χ4v) is 4.11. The maximum absolute atomic E-state index is 12.8. The van der Waals surface area contributed by atoms with Crippen LogP contribution in [0.4, 0.5) is 10.7 Å². The van der Waals surface area contributed by atoms with Crippen LogP contribution in [0.25, 0.3) is 0 Å². The Labute approximate surface area is 203 Å². The number of carbonyl (C=O) groups is 3. The van der Waals surface area contributed by atoms with Gasteiger partial charge in [-0.25, -0.2) is 14.3 Å². The summed E-state index contributed by atoms with van der Waals surface area (Å²) in [6, 6.07) is 7.29. The number of para-hydroxylation sites is 2. The van der Waals surface area contributed by atoms with Crippen molar-refractivity contribution in [3.8, 4) is 5.75 Å². The van der Waals surface area contributed by atoms with Crippen LogP contribution in [0.1, 0.15) is 49.9 Å². The molecule has 0 unspecified atom stereocenters. The zero-order chi connectivity index (χ0) is 25.5. The molecule has 0 aliphatic carbocycles. The summed E-state index contributed by atoms with van der Waals surface area (Å²) < 4.78 is 16.8. The van der Waals surface area contributed by atoms with E-state index in [0.29, 0.717) is 5.56 Å². The van der Waals surface area contributed by atoms with Gasteiger partial charge in [0.15, 0.2) is 18.2 Å². The number of hydrogen-bond acceptors (Lipinski definition) is 10. The predicted octanol–water partition coefficient (Wildman–Crippen LogP) is 3.80. The molecule has 0 bridgehead atoms. The van der Waals surface area contributed by atoms with E-state index in [0.717, 1.165) is 11.3 Å². The summed E-state index contributed by atoms with van der Waals surface area (Å²) in [4.78, 5) is 48.3. The minimum Gasteiger partial charge on any atom is -0.464 e. The lowest BCUT2D eigenvalue weighted by Gasteiger charge is -2.07. The number of hydrogen-bond donors (Lipinski definition) is 1. The highest BCUT2D eigenvalue weighted by atomic mass is 32.1. The molecule has 2 aromatic heterocycles. The molecule has 1 N–H and O–H groups in total. The van der Waals surface area contributed by atoms with Crippen molar-refractivity contribution in [1.29, 1.82) is 0 Å². The molecule has 3 rings (SSSR count). The van der Waals surface area contributed by atoms with Crippen LogP contribution in [0.5, 0.6) is 5.75 Å². The molecule has 0 fully saturated rings. The van der Waals surface area contributed by atoms with E-state index in [-0.39, 0.29) is 52.5 Å². The Morgan fingerprint density at radius 1 is 1.11 bits per heavy atom. The number of nitrogens with zero attached hydrogens (tertiary/aromatic N) is 3. The largest absolute Gasteiger partial charge is 0.464 e. The van der Waals surface area contributed by atoms with Gasteiger partial charge in [0, 0.05) is 12.3 Å². The Balaban J connectivity index is 1.78. The maximum Gasteiger partial charge on any atom is 0.348 e. The first-order valence-electron chi connectivity index (χ1n) is 10.4. The molecule has 1 amide bonds. The number of thiophene rings is 1. The molecular formula is C22H22N4O8S. The van der Waals surface area contributed by atoms with Gasteiger partial charge in [-0.3, -0.25) is 14.9 Å². The van der Waals surface area contributed by atoms with E-state index in [1.54, 1.807) is 26.8 Å². The molecule has 0 aliphatic rings. The van der Waals surface area contributed by atoms with E-state index in [9.17, 15) is 24.5 Å². The number of esters is 2. The number of benzene rings is 1. The molecule has 0 radical (unpaired) electrons. The van der Waals surface area contributed by atoms with Crippen LogP contribution in [0.15, 0.2) is 36.5 Å². The monoisotopic (exact) mass is 502 g/mol. The van der Waals surface area contributed by atoms with Gasteiger partial charge in [0.1, 0.15) is 9.88 Å². The zero-order valence-electron chi connectivity index (χ0n) is 19.1. The number of rotatable bonds is 10. The van der Waals surface area contributed by atoms with Gasteiger partial charge in [-0.1, -0.05) is 12.1 Å². The molecule has 3 aromatic rings. The summed E-state index contributed by atoms with van der Waals surface area (Å²) in [7, 11) is 0. The molecular weight excluding hydrogens is 480 g/mol. The molecule has 0 aliphatic heterocycles. The Hall–Kier alpha value is -4.26. The van der Waals surface area contributed by atoms with Gasteiger partial charge in [-0.15, -0.1) is 11.3 Å². The summed E-state index contributed by atoms with van der Waals surface area (Å²) in [5.74, 6) is -1.89. The van der Waals surface area contributed by atoms with Gasteiger partial charge in [0.2, 0.25) is 0 Å². The number of nitrogens with one attached hydrogen (secondary N) is 1. The average Bonchev–Trinajstić information content (AvgIpc) is 3.42. The molecule has 2 heterocycles. The van der Waals surface area contributed by atoms with Gasteiger partial charge in [0.25, 0.3) is 5.91 Å². The lowest BCUT2D eigenvalue weighted by Crippen LogP contribution is -2.16. The van der Waals surface area contributed by atoms with Gasteiger partial charge in [-0.05, 0) is 38.5 Å². The van der Waals surface area contributed by atoms with E-state index >= 15 is 0 Å². The summed E-state index contributed by atoms with van der Waals surface area (Å²) in [5, 5.41) is 17.9. The second-order valence-electron chi connectivity index (χ2n) is 6.89. The van der Waals surface area contributed by atoms with Crippen LogP contribution in [0.3, 0.4) is 0 Å². The Morgan fingerprint density at radius 3 is 2.49 bits per heavy atom. The van der Waals surface area contributed by atoms with Crippen molar-refractivity contribution in [2.45, 2.75) is 27.5 Å². The standard InChI is InChI=1S/C22H22N4O8S/c1-4-32-21(28)17-13(3)18(22(29)33-5-2)35-20(17)23-19(27)14-10-11-25(24-14)12-34-16-9-7-6-8-15(16)26(30)31/h6-11H,4-5,12H2,1-3H3,(H,23,27). The summed E-state index contributed by atoms with van der Waals surface area (Å²) in [5.41, 5.74) is 0.197. The van der Waals surface area contributed by atoms with Gasteiger partial charge in [0.05, 0.1) is 23.7 Å². The van der Waals surface area contributed by atoms with Crippen molar-refractivity contribution in [3.63, 3.8) is 0 Å². The third kappa shape index (κ3) is 5.81. The van der Waals surface area contributed by atoms with Gasteiger partial charge in [-0.2, -0.15) is 5.10 Å². The first-order chi connectivity index (χ1) is 16.8. The molecule has 35 heavy (non-hydrogen) atoms. The molecule has 0 saturated heterocycles. The van der Waals surface area contributed by atoms with E-state index in [4.69, 9.17) is 14.2 Å². The van der Waals surface area contributed by atoms with Gasteiger partial charge >= 0.3 is 17.6 Å². The third-order valence-electron chi connectivity index (χ3n) is 4.60. The fourth-order valence-electron chi connectivity index (χ4n) is 3.03. The Bertz CT molecular complexity index is 1270. The minimum absolute atomic E-state index is 0.00490. The highest BCUT2D eigenvalue weighted by molar-refractivity contribution is 7.18. The first kappa shape index (κ1) is 25.4. The van der Waals surface area contributed by atoms with Crippen LogP contribution in [0.2, 0.25) is 0 Å². The molecule has 1 aromatic carbocycles. The van der Waals surface area contributed by atoms with Crippen LogP contribution in [-0.2, 0) is 16.2 Å². The highest BCUT2D eigenvalue weighted by Crippen LogP contribution is 2.34. The topological polar surface area (TPSA) is 152 Å². The van der Waals surface area contributed by atoms with Crippen molar-refractivity contribution in [2.24, 2.45) is 0 Å². The SMILES string of the molecule is CCOC(=O)c1sc(NC(=O)c2ccn(COc3ccccc3[N+](=O)[O-])n2)c(C(=O)OCC)c1C. The Kier molecular flexibility index (Phi) is 8.15. The second kappa shape index (κ2) is 11.2. The average molecular weight is 503 g/mol. The summed E-state index contributed by atoms with van der Waals surface area (Å²) in [6.07, 6.45) is 1.46. The number of aromatic nitrogens is 2. The number of nitro benzene ring substituents is 1. The predicted molar refractivity (Wildman–Crippen MR) is 125 cm³/mol. The number of amides is 1. The quantitative estimate of drug-likeness (QED) is 0.248. The van der Waals surface area contributed by atoms with Crippen molar-refractivity contribution >= 4 is 39.9 Å². The molecule has 0 saturated carbocycles. The van der Waals surface area contributed by atoms with E-state index < -0.39 is 22.8 Å². The second-order valence-corrected chi connectivity index (χ2v) is 7.91. The van der Waals surface area contributed by atoms with E-state index in [2.05, 4.69) is 10.4 Å². The number of ether oxygens (including phenoxy) is 3. The van der Waals surface area contributed by atoms with Gasteiger partial charge < -0.3 is 19.5 Å². The molecule has 0 atom stereocenters.